The van der Waals surface area contributed by atoms with E-state index < -0.39 is 6.10 Å². The molecule has 0 spiro atoms. The highest BCUT2D eigenvalue weighted by Gasteiger charge is 2.14. The van der Waals surface area contributed by atoms with Crippen molar-refractivity contribution in [3.05, 3.63) is 63.6 Å². The zero-order chi connectivity index (χ0) is 15.2. The Morgan fingerprint density at radius 2 is 2.00 bits per heavy atom. The highest BCUT2D eigenvalue weighted by atomic mass is 79.9. The molecule has 2 aromatic carbocycles. The molecule has 5 heteroatoms. The molecule has 0 aliphatic heterocycles. The first kappa shape index (κ1) is 15.9. The summed E-state index contributed by atoms with van der Waals surface area (Å²) in [5.74, 6) is 0.409. The van der Waals surface area contributed by atoms with Crippen LogP contribution in [0.1, 0.15) is 12.5 Å². The first-order chi connectivity index (χ1) is 10.0. The maximum Gasteiger partial charge on any atom is 0.261 e. The van der Waals surface area contributed by atoms with E-state index >= 15 is 0 Å². The third-order valence-electron chi connectivity index (χ3n) is 2.86. The van der Waals surface area contributed by atoms with Gasteiger partial charge in [-0.3, -0.25) is 4.79 Å². The maximum atomic E-state index is 12.0. The molecule has 2 aromatic rings. The molecule has 0 saturated carbocycles. The molecule has 21 heavy (non-hydrogen) atoms. The molecule has 0 aliphatic carbocycles. The van der Waals surface area contributed by atoms with E-state index in [0.717, 1.165) is 10.0 Å². The van der Waals surface area contributed by atoms with Gasteiger partial charge in [-0.25, -0.2) is 0 Å². The number of rotatable bonds is 5. The number of benzene rings is 2. The Morgan fingerprint density at radius 1 is 1.29 bits per heavy atom. The summed E-state index contributed by atoms with van der Waals surface area (Å²) in [6, 6.07) is 14.8. The number of ether oxygens (including phenoxy) is 1. The summed E-state index contributed by atoms with van der Waals surface area (Å²) in [6.07, 6.45) is -0.584. The highest BCUT2D eigenvalue weighted by Crippen LogP contribution is 2.18. The van der Waals surface area contributed by atoms with Gasteiger partial charge in [0, 0.05) is 16.0 Å². The number of carbonyl (C=O) groups excluding carboxylic acids is 1. The highest BCUT2D eigenvalue weighted by molar-refractivity contribution is 9.10. The van der Waals surface area contributed by atoms with Gasteiger partial charge >= 0.3 is 0 Å². The van der Waals surface area contributed by atoms with Crippen LogP contribution in [0.25, 0.3) is 0 Å². The molecule has 0 bridgehead atoms. The van der Waals surface area contributed by atoms with E-state index in [2.05, 4.69) is 21.2 Å². The Hall–Kier alpha value is -1.52. The second-order valence-corrected chi connectivity index (χ2v) is 5.91. The molecule has 0 radical (unpaired) electrons. The second kappa shape index (κ2) is 7.48. The second-order valence-electron chi connectivity index (χ2n) is 4.56. The fourth-order valence-corrected chi connectivity index (χ4v) is 2.18. The zero-order valence-corrected chi connectivity index (χ0v) is 13.8. The first-order valence-corrected chi connectivity index (χ1v) is 7.66. The summed E-state index contributed by atoms with van der Waals surface area (Å²) >= 11 is 9.25. The molecule has 110 valence electrons. The first-order valence-electron chi connectivity index (χ1n) is 6.49. The SMILES string of the molecule is CC(Oc1cccc(Cl)c1)C(=O)NCc1ccc(Br)cc1. The summed E-state index contributed by atoms with van der Waals surface area (Å²) < 4.78 is 6.57. The van der Waals surface area contributed by atoms with Crippen molar-refractivity contribution < 1.29 is 9.53 Å². The van der Waals surface area contributed by atoms with Crippen molar-refractivity contribution in [1.29, 1.82) is 0 Å². The monoisotopic (exact) mass is 367 g/mol. The van der Waals surface area contributed by atoms with Crippen LogP contribution in [0.15, 0.2) is 53.0 Å². The normalized spacial score (nSPS) is 11.8. The van der Waals surface area contributed by atoms with Crippen LogP contribution in [-0.4, -0.2) is 12.0 Å². The lowest BCUT2D eigenvalue weighted by atomic mass is 10.2. The lowest BCUT2D eigenvalue weighted by Gasteiger charge is -2.15. The van der Waals surface area contributed by atoms with Gasteiger partial charge in [0.1, 0.15) is 5.75 Å². The number of hydrogen-bond acceptors (Lipinski definition) is 2. The van der Waals surface area contributed by atoms with Crippen LogP contribution in [0.2, 0.25) is 5.02 Å². The van der Waals surface area contributed by atoms with Crippen molar-refractivity contribution in [2.45, 2.75) is 19.6 Å². The van der Waals surface area contributed by atoms with E-state index in [1.165, 1.54) is 0 Å². The van der Waals surface area contributed by atoms with Crippen molar-refractivity contribution in [2.24, 2.45) is 0 Å². The Balaban J connectivity index is 1.86. The van der Waals surface area contributed by atoms with Gasteiger partial charge in [0.15, 0.2) is 6.10 Å². The molecule has 1 unspecified atom stereocenters. The van der Waals surface area contributed by atoms with Gasteiger partial charge in [-0.1, -0.05) is 45.7 Å². The van der Waals surface area contributed by atoms with Crippen molar-refractivity contribution in [2.75, 3.05) is 0 Å². The summed E-state index contributed by atoms with van der Waals surface area (Å²) in [5.41, 5.74) is 1.03. The van der Waals surface area contributed by atoms with Gasteiger partial charge in [-0.15, -0.1) is 0 Å². The Labute approximate surface area is 137 Å². The number of carbonyl (C=O) groups is 1. The van der Waals surface area contributed by atoms with Gasteiger partial charge in [-0.2, -0.15) is 0 Å². The van der Waals surface area contributed by atoms with Crippen LogP contribution >= 0.6 is 27.5 Å². The third-order valence-corrected chi connectivity index (χ3v) is 3.62. The minimum Gasteiger partial charge on any atom is -0.481 e. The predicted molar refractivity (Wildman–Crippen MR) is 87.5 cm³/mol. The molecule has 3 nitrogen and oxygen atoms in total. The van der Waals surface area contributed by atoms with Gasteiger partial charge < -0.3 is 10.1 Å². The van der Waals surface area contributed by atoms with E-state index in [1.807, 2.05) is 24.3 Å². The fraction of sp³-hybridized carbons (Fsp3) is 0.188. The zero-order valence-electron chi connectivity index (χ0n) is 11.5. The van der Waals surface area contributed by atoms with E-state index in [-0.39, 0.29) is 5.91 Å². The summed E-state index contributed by atoms with van der Waals surface area (Å²) in [5, 5.41) is 3.42. The van der Waals surface area contributed by atoms with Crippen LogP contribution < -0.4 is 10.1 Å². The Kier molecular flexibility index (Phi) is 5.65. The topological polar surface area (TPSA) is 38.3 Å². The molecule has 2 rings (SSSR count). The molecule has 0 aromatic heterocycles. The minimum atomic E-state index is -0.584. The average molecular weight is 369 g/mol. The molecule has 0 saturated heterocycles. The summed E-state index contributed by atoms with van der Waals surface area (Å²) in [6.45, 7) is 2.17. The fourth-order valence-electron chi connectivity index (χ4n) is 1.73. The third kappa shape index (κ3) is 5.06. The van der Waals surface area contributed by atoms with Crippen LogP contribution in [-0.2, 0) is 11.3 Å². The van der Waals surface area contributed by atoms with E-state index in [0.29, 0.717) is 17.3 Å². The lowest BCUT2D eigenvalue weighted by Crippen LogP contribution is -2.35. The van der Waals surface area contributed by atoms with Crippen LogP contribution in [0.4, 0.5) is 0 Å². The maximum absolute atomic E-state index is 12.0. The number of halogens is 2. The van der Waals surface area contributed by atoms with Gasteiger partial charge in [0.2, 0.25) is 0 Å². The smallest absolute Gasteiger partial charge is 0.261 e. The standard InChI is InChI=1S/C16H15BrClNO2/c1-11(21-15-4-2-3-14(18)9-15)16(20)19-10-12-5-7-13(17)8-6-12/h2-9,11H,10H2,1H3,(H,19,20). The summed E-state index contributed by atoms with van der Waals surface area (Å²) in [4.78, 5) is 12.0. The molecule has 0 aliphatic rings. The van der Waals surface area contributed by atoms with Crippen molar-refractivity contribution in [3.8, 4) is 5.75 Å². The van der Waals surface area contributed by atoms with Crippen LogP contribution in [0.3, 0.4) is 0 Å². The number of amides is 1. The molecule has 1 amide bonds. The van der Waals surface area contributed by atoms with Gasteiger partial charge in [0.25, 0.3) is 5.91 Å². The average Bonchev–Trinajstić information content (AvgIpc) is 2.46. The molecular weight excluding hydrogens is 354 g/mol. The molecule has 0 heterocycles. The number of hydrogen-bond donors (Lipinski definition) is 1. The van der Waals surface area contributed by atoms with Gasteiger partial charge in [0.05, 0.1) is 0 Å². The van der Waals surface area contributed by atoms with Crippen LogP contribution in [0, 0.1) is 0 Å². The molecule has 0 fully saturated rings. The van der Waals surface area contributed by atoms with Crippen LogP contribution in [0.5, 0.6) is 5.75 Å². The van der Waals surface area contributed by atoms with Crippen molar-refractivity contribution >= 4 is 33.4 Å². The molecule has 1 N–H and O–H groups in total. The van der Waals surface area contributed by atoms with E-state index in [1.54, 1.807) is 31.2 Å². The lowest BCUT2D eigenvalue weighted by molar-refractivity contribution is -0.127. The predicted octanol–water partition coefficient (Wildman–Crippen LogP) is 4.19. The Bertz CT molecular complexity index is 616. The molecular formula is C16H15BrClNO2. The minimum absolute atomic E-state index is 0.169. The summed E-state index contributed by atoms with van der Waals surface area (Å²) in [7, 11) is 0. The number of nitrogens with one attached hydrogen (secondary N) is 1. The van der Waals surface area contributed by atoms with Crippen molar-refractivity contribution in [1.82, 2.24) is 5.32 Å². The quantitative estimate of drug-likeness (QED) is 0.859. The molecule has 1 atom stereocenters. The van der Waals surface area contributed by atoms with Gasteiger partial charge in [-0.05, 0) is 42.8 Å². The van der Waals surface area contributed by atoms with Crippen molar-refractivity contribution in [3.63, 3.8) is 0 Å². The van der Waals surface area contributed by atoms with E-state index in [4.69, 9.17) is 16.3 Å². The van der Waals surface area contributed by atoms with E-state index in [9.17, 15) is 4.79 Å². The largest absolute Gasteiger partial charge is 0.481 e. The Morgan fingerprint density at radius 3 is 2.67 bits per heavy atom.